The zero-order chi connectivity index (χ0) is 25.9. The Hall–Kier alpha value is -3.91. The third kappa shape index (κ3) is 5.29. The summed E-state index contributed by atoms with van der Waals surface area (Å²) in [4.78, 5) is 30.0. The highest BCUT2D eigenvalue weighted by atomic mass is 35.5. The van der Waals surface area contributed by atoms with Crippen LogP contribution in [0.2, 0.25) is 5.02 Å². The molecule has 0 bridgehead atoms. The monoisotopic (exact) mass is 521 g/mol. The van der Waals surface area contributed by atoms with Gasteiger partial charge in [-0.15, -0.1) is 0 Å². The van der Waals surface area contributed by atoms with Crippen LogP contribution < -0.4 is 4.74 Å². The Morgan fingerprint density at radius 3 is 2.65 bits per heavy atom. The number of rotatable bonds is 7. The van der Waals surface area contributed by atoms with E-state index in [1.54, 1.807) is 41.4 Å². The number of carbonyl (C=O) groups is 2. The van der Waals surface area contributed by atoms with E-state index < -0.39 is 11.8 Å². The fourth-order valence-corrected chi connectivity index (χ4v) is 4.93. The van der Waals surface area contributed by atoms with Crippen molar-refractivity contribution in [3.8, 4) is 16.9 Å². The summed E-state index contributed by atoms with van der Waals surface area (Å²) in [5.41, 5.74) is 3.03. The van der Waals surface area contributed by atoms with Gasteiger partial charge in [-0.3, -0.25) is 14.6 Å². The lowest BCUT2D eigenvalue weighted by molar-refractivity contribution is -0.137. The molecule has 0 unspecified atom stereocenters. The van der Waals surface area contributed by atoms with Crippen molar-refractivity contribution in [2.45, 2.75) is 25.3 Å². The van der Waals surface area contributed by atoms with Crippen LogP contribution in [-0.4, -0.2) is 51.1 Å². The Kier molecular flexibility index (Phi) is 7.10. The Morgan fingerprint density at radius 2 is 1.89 bits per heavy atom. The zero-order valence-corrected chi connectivity index (χ0v) is 20.7. The predicted molar refractivity (Wildman–Crippen MR) is 139 cm³/mol. The van der Waals surface area contributed by atoms with E-state index in [0.29, 0.717) is 35.0 Å². The number of hydrogen-bond donors (Lipinski definition) is 1. The Bertz CT molecular complexity index is 1460. The minimum absolute atomic E-state index is 0.00368. The number of piperidine rings is 1. The fraction of sp³-hybridized carbons (Fsp3) is 0.250. The van der Waals surface area contributed by atoms with Gasteiger partial charge >= 0.3 is 5.97 Å². The van der Waals surface area contributed by atoms with E-state index in [4.69, 9.17) is 21.4 Å². The van der Waals surface area contributed by atoms with Crippen molar-refractivity contribution in [1.82, 2.24) is 14.5 Å². The molecule has 4 aromatic rings. The van der Waals surface area contributed by atoms with E-state index in [1.807, 2.05) is 18.3 Å². The molecular weight excluding hydrogens is 497 g/mol. The highest BCUT2D eigenvalue weighted by molar-refractivity contribution is 6.31. The van der Waals surface area contributed by atoms with E-state index in [9.17, 15) is 9.59 Å². The number of halogens is 2. The summed E-state index contributed by atoms with van der Waals surface area (Å²) in [6.07, 6.45) is 4.96. The molecule has 1 aliphatic heterocycles. The number of amides is 1. The SMILES string of the molecule is O=C(O)CCOc1ccccc1-c1ccc(C(=O)N2CCC(n3ccc4ncc(Cl)cc43)CC2)c(F)c1. The van der Waals surface area contributed by atoms with Gasteiger partial charge in [-0.05, 0) is 48.7 Å². The Labute approximate surface area is 218 Å². The molecule has 0 radical (unpaired) electrons. The number of likely N-dealkylation sites (tertiary alicyclic amines) is 1. The lowest BCUT2D eigenvalue weighted by Crippen LogP contribution is -2.39. The van der Waals surface area contributed by atoms with Crippen LogP contribution in [0.1, 0.15) is 35.7 Å². The molecule has 3 heterocycles. The molecule has 0 atom stereocenters. The van der Waals surface area contributed by atoms with Crippen molar-refractivity contribution >= 4 is 34.5 Å². The number of carboxylic acid groups (broad SMARTS) is 1. The summed E-state index contributed by atoms with van der Waals surface area (Å²) in [7, 11) is 0. The van der Waals surface area contributed by atoms with Gasteiger partial charge in [0.25, 0.3) is 5.91 Å². The first-order valence-corrected chi connectivity index (χ1v) is 12.4. The molecule has 1 fully saturated rings. The molecule has 190 valence electrons. The second kappa shape index (κ2) is 10.6. The molecule has 1 amide bonds. The standard InChI is InChI=1S/C28H25ClFN3O4/c29-19-16-25-24(31-17-19)9-13-33(25)20-7-11-32(12-8-20)28(36)22-6-5-18(15-23(22)30)21-3-1-2-4-26(21)37-14-10-27(34)35/h1-6,9,13,15-17,20H,7-8,10-12,14H2,(H,34,35). The molecule has 0 spiro atoms. The maximum atomic E-state index is 15.2. The summed E-state index contributed by atoms with van der Waals surface area (Å²) in [6, 6.07) is 15.6. The number of ether oxygens (including phenoxy) is 1. The number of pyridine rings is 1. The minimum atomic E-state index is -0.960. The van der Waals surface area contributed by atoms with Gasteiger partial charge in [-0.1, -0.05) is 35.9 Å². The average molecular weight is 522 g/mol. The number of hydrogen-bond acceptors (Lipinski definition) is 4. The zero-order valence-electron chi connectivity index (χ0n) is 19.9. The van der Waals surface area contributed by atoms with Crippen LogP contribution in [0, 0.1) is 5.82 Å². The van der Waals surface area contributed by atoms with Crippen molar-refractivity contribution in [1.29, 1.82) is 0 Å². The van der Waals surface area contributed by atoms with Crippen molar-refractivity contribution in [2.75, 3.05) is 19.7 Å². The molecule has 0 aliphatic carbocycles. The van der Waals surface area contributed by atoms with E-state index in [1.165, 1.54) is 12.1 Å². The van der Waals surface area contributed by atoms with Gasteiger partial charge in [0, 0.05) is 37.1 Å². The molecule has 0 saturated carbocycles. The van der Waals surface area contributed by atoms with Gasteiger partial charge in [-0.25, -0.2) is 4.39 Å². The van der Waals surface area contributed by atoms with Crippen LogP contribution in [0.3, 0.4) is 0 Å². The maximum absolute atomic E-state index is 15.2. The van der Waals surface area contributed by atoms with Gasteiger partial charge in [0.1, 0.15) is 11.6 Å². The number of para-hydroxylation sites is 1. The van der Waals surface area contributed by atoms with Crippen LogP contribution in [-0.2, 0) is 4.79 Å². The van der Waals surface area contributed by atoms with Gasteiger partial charge < -0.3 is 19.3 Å². The molecule has 7 nitrogen and oxygen atoms in total. The first-order chi connectivity index (χ1) is 17.9. The fourth-order valence-electron chi connectivity index (χ4n) is 4.78. The number of benzene rings is 2. The van der Waals surface area contributed by atoms with Gasteiger partial charge in [0.15, 0.2) is 0 Å². The molecule has 1 saturated heterocycles. The summed E-state index contributed by atoms with van der Waals surface area (Å²) < 4.78 is 22.9. The van der Waals surface area contributed by atoms with Crippen molar-refractivity contribution in [3.05, 3.63) is 83.4 Å². The van der Waals surface area contributed by atoms with Crippen LogP contribution >= 0.6 is 11.6 Å². The van der Waals surface area contributed by atoms with E-state index in [-0.39, 0.29) is 30.5 Å². The summed E-state index contributed by atoms with van der Waals surface area (Å²) in [5, 5.41) is 9.42. The van der Waals surface area contributed by atoms with Crippen LogP contribution in [0.25, 0.3) is 22.2 Å². The molecule has 2 aromatic carbocycles. The molecule has 37 heavy (non-hydrogen) atoms. The predicted octanol–water partition coefficient (Wildman–Crippen LogP) is 5.83. The van der Waals surface area contributed by atoms with Gasteiger partial charge in [0.05, 0.1) is 34.6 Å². The molecule has 1 N–H and O–H groups in total. The highest BCUT2D eigenvalue weighted by Gasteiger charge is 2.27. The van der Waals surface area contributed by atoms with E-state index in [2.05, 4.69) is 9.55 Å². The number of aromatic nitrogens is 2. The Morgan fingerprint density at radius 1 is 1.11 bits per heavy atom. The molecule has 1 aliphatic rings. The third-order valence-electron chi connectivity index (χ3n) is 6.65. The van der Waals surface area contributed by atoms with Crippen molar-refractivity contribution < 1.29 is 23.8 Å². The van der Waals surface area contributed by atoms with Crippen LogP contribution in [0.4, 0.5) is 4.39 Å². The minimum Gasteiger partial charge on any atom is -0.492 e. The Balaban J connectivity index is 1.28. The van der Waals surface area contributed by atoms with Crippen molar-refractivity contribution in [3.63, 3.8) is 0 Å². The highest BCUT2D eigenvalue weighted by Crippen LogP contribution is 2.32. The van der Waals surface area contributed by atoms with Crippen LogP contribution in [0.5, 0.6) is 5.75 Å². The lowest BCUT2D eigenvalue weighted by Gasteiger charge is -2.33. The molecule has 2 aromatic heterocycles. The number of fused-ring (bicyclic) bond motifs is 1. The maximum Gasteiger partial charge on any atom is 0.306 e. The molecule has 5 rings (SSSR count). The summed E-state index contributed by atoms with van der Waals surface area (Å²) >= 11 is 6.13. The topological polar surface area (TPSA) is 84.7 Å². The second-order valence-corrected chi connectivity index (χ2v) is 9.42. The molecule has 9 heteroatoms. The lowest BCUT2D eigenvalue weighted by atomic mass is 10.0. The van der Waals surface area contributed by atoms with Crippen LogP contribution in [0.15, 0.2) is 67.0 Å². The van der Waals surface area contributed by atoms with Gasteiger partial charge in [-0.2, -0.15) is 0 Å². The summed E-state index contributed by atoms with van der Waals surface area (Å²) in [6.45, 7) is 1.03. The smallest absolute Gasteiger partial charge is 0.306 e. The van der Waals surface area contributed by atoms with E-state index >= 15 is 4.39 Å². The number of carbonyl (C=O) groups excluding carboxylic acids is 1. The average Bonchev–Trinajstić information content (AvgIpc) is 3.31. The number of nitrogens with zero attached hydrogens (tertiary/aromatic N) is 3. The number of aliphatic carboxylic acids is 1. The second-order valence-electron chi connectivity index (χ2n) is 8.99. The normalized spacial score (nSPS) is 14.2. The summed E-state index contributed by atoms with van der Waals surface area (Å²) in [5.74, 6) is -1.45. The number of carboxylic acids is 1. The first kappa shape index (κ1) is 24.8. The van der Waals surface area contributed by atoms with Crippen molar-refractivity contribution in [2.24, 2.45) is 0 Å². The van der Waals surface area contributed by atoms with E-state index in [0.717, 1.165) is 23.9 Å². The quantitative estimate of drug-likeness (QED) is 0.331. The first-order valence-electron chi connectivity index (χ1n) is 12.1. The molecular formula is C28H25ClFN3O4. The largest absolute Gasteiger partial charge is 0.492 e. The third-order valence-corrected chi connectivity index (χ3v) is 6.86. The van der Waals surface area contributed by atoms with Gasteiger partial charge in [0.2, 0.25) is 0 Å².